The summed E-state index contributed by atoms with van der Waals surface area (Å²) in [5, 5.41) is 3.41. The molecular weight excluding hydrogens is 456 g/mol. The normalized spacial score (nSPS) is 19.3. The number of alkyl halides is 1. The molecule has 0 radical (unpaired) electrons. The highest BCUT2D eigenvalue weighted by molar-refractivity contribution is 7.80. The summed E-state index contributed by atoms with van der Waals surface area (Å²) in [7, 11) is -3.73. The Kier molecular flexibility index (Phi) is 11.0. The minimum atomic E-state index is -3.73. The molecule has 0 aliphatic carbocycles. The van der Waals surface area contributed by atoms with Crippen LogP contribution in [0.4, 0.5) is 9.18 Å². The highest BCUT2D eigenvalue weighted by Gasteiger charge is 2.49. The molecule has 0 spiro atoms. The van der Waals surface area contributed by atoms with Crippen LogP contribution in [-0.4, -0.2) is 66.2 Å². The first-order chi connectivity index (χ1) is 14.6. The van der Waals surface area contributed by atoms with Gasteiger partial charge < -0.3 is 19.9 Å². The zero-order valence-corrected chi connectivity index (χ0v) is 22.2. The van der Waals surface area contributed by atoms with Gasteiger partial charge in [0.1, 0.15) is 6.04 Å². The van der Waals surface area contributed by atoms with E-state index >= 15 is 0 Å². The number of hydrogen-bond acceptors (Lipinski definition) is 6. The molecule has 188 valence electrons. The Morgan fingerprint density at radius 3 is 2.19 bits per heavy atom. The van der Waals surface area contributed by atoms with Crippen molar-refractivity contribution >= 4 is 32.1 Å². The second kappa shape index (κ2) is 12.0. The summed E-state index contributed by atoms with van der Waals surface area (Å²) in [4.78, 5) is 24.4. The summed E-state index contributed by atoms with van der Waals surface area (Å²) in [5.41, 5.74) is -0.252. The number of thiol groups is 1. The van der Waals surface area contributed by atoms with Gasteiger partial charge in [-0.05, 0) is 38.0 Å². The van der Waals surface area contributed by atoms with Crippen LogP contribution in [-0.2, 0) is 18.6 Å². The second-order valence-corrected chi connectivity index (χ2v) is 13.7. The van der Waals surface area contributed by atoms with Gasteiger partial charge in [-0.25, -0.2) is 13.9 Å². The minimum Gasteiger partial charge on any atom is -0.449 e. The lowest BCUT2D eigenvalue weighted by molar-refractivity contribution is -0.123. The molecule has 0 bridgehead atoms. The van der Waals surface area contributed by atoms with Crippen molar-refractivity contribution in [1.82, 2.24) is 15.3 Å². The van der Waals surface area contributed by atoms with Gasteiger partial charge in [0.2, 0.25) is 5.91 Å². The number of hydrogen-bond donors (Lipinski definition) is 3. The number of rotatable bonds is 10. The van der Waals surface area contributed by atoms with E-state index in [2.05, 4.69) is 23.3 Å². The third-order valence-corrected chi connectivity index (χ3v) is 8.21. The van der Waals surface area contributed by atoms with Gasteiger partial charge in [0, 0.05) is 24.9 Å². The minimum absolute atomic E-state index is 0.118. The van der Waals surface area contributed by atoms with Gasteiger partial charge in [0.05, 0.1) is 13.2 Å². The van der Waals surface area contributed by atoms with Crippen LogP contribution in [0.25, 0.3) is 0 Å². The molecule has 0 aromatic rings. The second-order valence-electron chi connectivity index (χ2n) is 10.4. The summed E-state index contributed by atoms with van der Waals surface area (Å²) >= 11 is 4.15. The first-order valence-electron chi connectivity index (χ1n) is 11.1. The third kappa shape index (κ3) is 9.20. The average Bonchev–Trinajstić information content (AvgIpc) is 2.67. The van der Waals surface area contributed by atoms with Gasteiger partial charge in [-0.3, -0.25) is 9.36 Å². The number of halogens is 1. The Balaban J connectivity index is 2.67. The van der Waals surface area contributed by atoms with Crippen molar-refractivity contribution in [3.8, 4) is 0 Å². The Hall–Kier alpha value is -0.830. The van der Waals surface area contributed by atoms with Crippen molar-refractivity contribution in [2.24, 2.45) is 11.3 Å². The average molecular weight is 498 g/mol. The molecule has 0 aromatic carbocycles. The van der Waals surface area contributed by atoms with Crippen LogP contribution in [0.2, 0.25) is 0 Å². The summed E-state index contributed by atoms with van der Waals surface area (Å²) < 4.78 is 40.8. The van der Waals surface area contributed by atoms with Crippen LogP contribution in [0.15, 0.2) is 0 Å². The third-order valence-electron chi connectivity index (χ3n) is 4.87. The lowest BCUT2D eigenvalue weighted by Crippen LogP contribution is -2.53. The Bertz CT molecular complexity index is 673. The van der Waals surface area contributed by atoms with Crippen LogP contribution < -0.4 is 10.6 Å². The van der Waals surface area contributed by atoms with E-state index in [-0.39, 0.29) is 42.2 Å². The highest BCUT2D eigenvalue weighted by atomic mass is 32.1. The molecule has 1 rings (SSSR count). The van der Waals surface area contributed by atoms with Crippen LogP contribution in [0.5, 0.6) is 0 Å². The molecule has 1 fully saturated rings. The number of alkyl carbamates (subject to hydrolysis) is 1. The van der Waals surface area contributed by atoms with Crippen LogP contribution >= 0.6 is 20.1 Å². The molecule has 2 atom stereocenters. The summed E-state index contributed by atoms with van der Waals surface area (Å²) in [5.74, 6) is -0.0577. The SMILES string of the molecule is CC(C)COC(=O)N[C@@H](CS)C(=O)NC1CCN(P(=O)(OCC(C)(C)C)C(C)(C)F)CC1. The number of amides is 2. The molecule has 1 saturated heterocycles. The van der Waals surface area contributed by atoms with E-state index in [1.54, 1.807) is 4.67 Å². The number of carbonyl (C=O) groups excluding carboxylic acids is 2. The van der Waals surface area contributed by atoms with E-state index < -0.39 is 25.1 Å². The fourth-order valence-corrected chi connectivity index (χ4v) is 5.77. The van der Waals surface area contributed by atoms with Crippen LogP contribution in [0, 0.1) is 11.3 Å². The standard InChI is InChI=1S/C21H41FN3O5PS/c1-15(2)12-29-19(27)24-17(13-32)18(26)23-16-8-10-25(11-9-16)31(28,21(6,7)22)30-14-20(3,4)5/h15-17,32H,8-14H2,1-7H3,(H,23,26)(H,24,27)/t17-,31?/m0/s1. The number of nitrogens with zero attached hydrogens (tertiary/aromatic N) is 1. The van der Waals surface area contributed by atoms with Gasteiger partial charge in [-0.1, -0.05) is 34.6 Å². The number of piperidine rings is 1. The van der Waals surface area contributed by atoms with Crippen molar-refractivity contribution in [2.75, 3.05) is 32.1 Å². The van der Waals surface area contributed by atoms with Gasteiger partial charge in [0.15, 0.2) is 5.41 Å². The van der Waals surface area contributed by atoms with Gasteiger partial charge in [-0.2, -0.15) is 12.6 Å². The van der Waals surface area contributed by atoms with E-state index in [1.165, 1.54) is 13.8 Å². The van der Waals surface area contributed by atoms with E-state index in [9.17, 15) is 18.5 Å². The maximum absolute atomic E-state index is 14.9. The molecule has 1 aliphatic heterocycles. The quantitative estimate of drug-likeness (QED) is 0.309. The molecule has 1 unspecified atom stereocenters. The first kappa shape index (κ1) is 29.2. The molecule has 8 nitrogen and oxygen atoms in total. The zero-order valence-electron chi connectivity index (χ0n) is 20.4. The number of nitrogens with one attached hydrogen (secondary N) is 2. The Labute approximate surface area is 197 Å². The molecular formula is C21H41FN3O5PS. The predicted molar refractivity (Wildman–Crippen MR) is 128 cm³/mol. The molecule has 11 heteroatoms. The van der Waals surface area contributed by atoms with Crippen LogP contribution in [0.1, 0.15) is 61.3 Å². The van der Waals surface area contributed by atoms with E-state index in [0.717, 1.165) is 0 Å². The van der Waals surface area contributed by atoms with Crippen molar-refractivity contribution in [3.05, 3.63) is 0 Å². The monoisotopic (exact) mass is 497 g/mol. The fraction of sp³-hybridized carbons (Fsp3) is 0.905. The maximum Gasteiger partial charge on any atom is 0.407 e. The van der Waals surface area contributed by atoms with E-state index in [1.807, 2.05) is 34.6 Å². The first-order valence-corrected chi connectivity index (χ1v) is 13.3. The fourth-order valence-electron chi connectivity index (χ4n) is 3.05. The van der Waals surface area contributed by atoms with E-state index in [4.69, 9.17) is 9.26 Å². The summed E-state index contributed by atoms with van der Waals surface area (Å²) in [6, 6.07) is -1.02. The lowest BCUT2D eigenvalue weighted by atomic mass is 9.99. The Morgan fingerprint density at radius 1 is 1.19 bits per heavy atom. The molecule has 1 aliphatic rings. The van der Waals surface area contributed by atoms with Gasteiger partial charge >= 0.3 is 13.6 Å². The van der Waals surface area contributed by atoms with Gasteiger partial charge in [-0.15, -0.1) is 0 Å². The maximum atomic E-state index is 14.9. The molecule has 2 N–H and O–H groups in total. The smallest absolute Gasteiger partial charge is 0.407 e. The molecule has 0 saturated carbocycles. The topological polar surface area (TPSA) is 97.0 Å². The molecule has 2 amide bonds. The summed E-state index contributed by atoms with van der Waals surface area (Å²) in [6.45, 7) is 13.3. The molecule has 0 aromatic heterocycles. The lowest BCUT2D eigenvalue weighted by Gasteiger charge is -2.41. The largest absolute Gasteiger partial charge is 0.449 e. The van der Waals surface area contributed by atoms with Crippen molar-refractivity contribution in [3.63, 3.8) is 0 Å². The Morgan fingerprint density at radius 2 is 1.75 bits per heavy atom. The number of carbonyl (C=O) groups is 2. The summed E-state index contributed by atoms with van der Waals surface area (Å²) in [6.07, 6.45) is 0.314. The van der Waals surface area contributed by atoms with Crippen molar-refractivity contribution < 1.29 is 27.8 Å². The molecule has 1 heterocycles. The highest BCUT2D eigenvalue weighted by Crippen LogP contribution is 2.63. The predicted octanol–water partition coefficient (Wildman–Crippen LogP) is 4.21. The zero-order chi connectivity index (χ0) is 24.7. The van der Waals surface area contributed by atoms with Crippen LogP contribution in [0.3, 0.4) is 0 Å². The van der Waals surface area contributed by atoms with Crippen molar-refractivity contribution in [1.29, 1.82) is 0 Å². The molecule has 32 heavy (non-hydrogen) atoms. The van der Waals surface area contributed by atoms with E-state index in [0.29, 0.717) is 25.9 Å². The van der Waals surface area contributed by atoms with Gasteiger partial charge in [0.25, 0.3) is 0 Å². The van der Waals surface area contributed by atoms with Crippen molar-refractivity contribution in [2.45, 2.75) is 78.8 Å². The number of ether oxygens (including phenoxy) is 1.